The van der Waals surface area contributed by atoms with Gasteiger partial charge in [-0.25, -0.2) is 4.39 Å². The van der Waals surface area contributed by atoms with Crippen molar-refractivity contribution in [2.24, 2.45) is 0 Å². The molecule has 0 radical (unpaired) electrons. The van der Waals surface area contributed by atoms with Gasteiger partial charge in [-0.05, 0) is 72.0 Å². The first kappa shape index (κ1) is 31.4. The fourth-order valence-corrected chi connectivity index (χ4v) is 7.69. The summed E-state index contributed by atoms with van der Waals surface area (Å²) >= 11 is 0. The van der Waals surface area contributed by atoms with Crippen LogP contribution in [0.25, 0.3) is 0 Å². The predicted octanol–water partition coefficient (Wildman–Crippen LogP) is 2.97. The monoisotopic (exact) mass is 616 g/mol. The number of likely N-dealkylation sites (N-methyl/N-ethyl adjacent to an activating group) is 3. The average molecular weight is 617 g/mol. The largest absolute Gasteiger partial charge is 0.462 e. The van der Waals surface area contributed by atoms with Crippen LogP contribution in [0.15, 0.2) is 30.4 Å². The highest BCUT2D eigenvalue weighted by atomic mass is 19.1. The quantitative estimate of drug-likeness (QED) is 0.415. The number of anilines is 1. The number of nitriles is 1. The number of hydrogen-bond acceptors (Lipinski definition) is 9. The number of nitrogens with zero attached hydrogens (tertiary/aromatic N) is 8. The first-order valence-corrected chi connectivity index (χ1v) is 16.2. The minimum absolute atomic E-state index is 0.0743. The number of aryl methyl sites for hydroxylation is 1. The maximum atomic E-state index is 15.4. The Morgan fingerprint density at radius 3 is 2.82 bits per heavy atom. The molecule has 1 unspecified atom stereocenters. The summed E-state index contributed by atoms with van der Waals surface area (Å²) in [4.78, 5) is 33.8. The van der Waals surface area contributed by atoms with Gasteiger partial charge in [0.15, 0.2) is 0 Å². The van der Waals surface area contributed by atoms with Crippen molar-refractivity contribution >= 4 is 11.7 Å². The molecule has 3 atom stereocenters. The van der Waals surface area contributed by atoms with E-state index in [-0.39, 0.29) is 24.2 Å². The summed E-state index contributed by atoms with van der Waals surface area (Å²) in [5.74, 6) is 0.561. The Hall–Kier alpha value is -3.59. The normalized spacial score (nSPS) is 25.3. The molecule has 240 valence electrons. The lowest BCUT2D eigenvalue weighted by molar-refractivity contribution is -0.128. The zero-order valence-electron chi connectivity index (χ0n) is 27.0. The Labute approximate surface area is 266 Å². The van der Waals surface area contributed by atoms with E-state index in [0.29, 0.717) is 57.8 Å². The van der Waals surface area contributed by atoms with E-state index in [0.717, 1.165) is 60.4 Å². The van der Waals surface area contributed by atoms with Crippen LogP contribution in [-0.2, 0) is 29.7 Å². The van der Waals surface area contributed by atoms with Crippen molar-refractivity contribution < 1.29 is 13.9 Å². The number of ether oxygens (including phenoxy) is 1. The van der Waals surface area contributed by atoms with E-state index in [1.807, 2.05) is 36.0 Å². The number of piperazine rings is 1. The van der Waals surface area contributed by atoms with Crippen LogP contribution in [0.4, 0.5) is 10.2 Å². The number of likely N-dealkylation sites (tertiary alicyclic amines) is 1. The molecule has 3 aliphatic heterocycles. The Balaban J connectivity index is 1.32. The second-order valence-electron chi connectivity index (χ2n) is 13.3. The molecule has 0 saturated carbocycles. The van der Waals surface area contributed by atoms with Crippen LogP contribution < -0.4 is 9.64 Å². The van der Waals surface area contributed by atoms with Crippen molar-refractivity contribution in [3.05, 3.63) is 58.6 Å². The van der Waals surface area contributed by atoms with Crippen LogP contribution in [-0.4, -0.2) is 115 Å². The van der Waals surface area contributed by atoms with E-state index in [1.165, 1.54) is 0 Å². The van der Waals surface area contributed by atoms with Gasteiger partial charge >= 0.3 is 6.01 Å². The summed E-state index contributed by atoms with van der Waals surface area (Å²) < 4.78 is 21.7. The van der Waals surface area contributed by atoms with Gasteiger partial charge in [-0.15, -0.1) is 0 Å². The van der Waals surface area contributed by atoms with Gasteiger partial charge < -0.3 is 24.3 Å². The lowest BCUT2D eigenvalue weighted by Gasteiger charge is -2.46. The van der Waals surface area contributed by atoms with Gasteiger partial charge in [0.05, 0.1) is 29.8 Å². The van der Waals surface area contributed by atoms with Gasteiger partial charge in [0, 0.05) is 62.4 Å². The second-order valence-corrected chi connectivity index (χ2v) is 13.3. The van der Waals surface area contributed by atoms with Crippen LogP contribution in [0, 0.1) is 17.1 Å². The highest BCUT2D eigenvalue weighted by Gasteiger charge is 2.48. The zero-order chi connectivity index (χ0) is 31.7. The van der Waals surface area contributed by atoms with Crippen LogP contribution in [0.5, 0.6) is 6.01 Å². The third kappa shape index (κ3) is 6.16. The third-order valence-electron chi connectivity index (χ3n) is 10.2. The number of carbonyl (C=O) groups is 1. The number of hydrogen-bond donors (Lipinski definition) is 0. The summed E-state index contributed by atoms with van der Waals surface area (Å²) in [5.41, 5.74) is 3.29. The minimum atomic E-state index is -0.477. The zero-order valence-corrected chi connectivity index (χ0v) is 27.0. The van der Waals surface area contributed by atoms with E-state index in [9.17, 15) is 10.1 Å². The molecule has 2 saturated heterocycles. The lowest BCUT2D eigenvalue weighted by Crippen LogP contribution is -2.55. The second kappa shape index (κ2) is 13.0. The van der Waals surface area contributed by atoms with Crippen molar-refractivity contribution in [2.45, 2.75) is 62.7 Å². The minimum Gasteiger partial charge on any atom is -0.462 e. The molecule has 45 heavy (non-hydrogen) atoms. The van der Waals surface area contributed by atoms with Crippen LogP contribution in [0.1, 0.15) is 48.1 Å². The number of aromatic nitrogens is 2. The summed E-state index contributed by atoms with van der Waals surface area (Å²) in [6, 6.07) is 8.10. The number of fused-ring (bicyclic) bond motifs is 3. The first-order chi connectivity index (χ1) is 21.7. The van der Waals surface area contributed by atoms with E-state index < -0.39 is 5.54 Å². The first-order valence-electron chi connectivity index (χ1n) is 16.2. The maximum absolute atomic E-state index is 15.4. The number of carbonyl (C=O) groups excluding carboxylic acids is 1. The Morgan fingerprint density at radius 1 is 1.22 bits per heavy atom. The molecule has 0 N–H and O–H groups in total. The predicted molar refractivity (Wildman–Crippen MR) is 170 cm³/mol. The lowest BCUT2D eigenvalue weighted by atomic mass is 9.80. The molecular formula is C34H45FN8O2. The number of rotatable bonds is 8. The van der Waals surface area contributed by atoms with E-state index >= 15 is 4.39 Å². The average Bonchev–Trinajstić information content (AvgIpc) is 3.60. The molecule has 4 heterocycles. The summed E-state index contributed by atoms with van der Waals surface area (Å²) in [6.45, 7) is 4.35. The molecule has 4 aliphatic rings. The Morgan fingerprint density at radius 2 is 2.07 bits per heavy atom. The van der Waals surface area contributed by atoms with Crippen molar-refractivity contribution in [2.75, 3.05) is 72.4 Å². The summed E-state index contributed by atoms with van der Waals surface area (Å²) in [6.07, 6.45) is 8.16. The molecule has 1 spiro atoms. The van der Waals surface area contributed by atoms with Crippen LogP contribution in [0.3, 0.4) is 0 Å². The number of amides is 1. The van der Waals surface area contributed by atoms with Crippen LogP contribution >= 0.6 is 0 Å². The fraction of sp³-hybridized carbons (Fsp3) is 0.588. The molecule has 1 aliphatic carbocycles. The molecule has 1 aromatic carbocycles. The number of benzene rings is 1. The van der Waals surface area contributed by atoms with Gasteiger partial charge in [-0.3, -0.25) is 9.69 Å². The molecule has 1 aromatic heterocycles. The highest BCUT2D eigenvalue weighted by molar-refractivity contribution is 5.88. The van der Waals surface area contributed by atoms with Gasteiger partial charge in [-0.1, -0.05) is 18.2 Å². The molecular weight excluding hydrogens is 571 g/mol. The van der Waals surface area contributed by atoms with Gasteiger partial charge in [0.25, 0.3) is 0 Å². The number of halogens is 1. The van der Waals surface area contributed by atoms with Crippen molar-refractivity contribution in [1.82, 2.24) is 29.6 Å². The Bertz CT molecular complexity index is 1490. The smallest absolute Gasteiger partial charge is 0.318 e. The van der Waals surface area contributed by atoms with Crippen molar-refractivity contribution in [3.8, 4) is 12.1 Å². The summed E-state index contributed by atoms with van der Waals surface area (Å²) in [5, 5.41) is 9.69. The molecule has 2 fully saturated rings. The standard InChI is InChI=1S/C34H45FN8O2/c1-39(2)16-7-11-30(44)43-19-18-42(21-25(43)13-15-36)32-27-22-41(4)34(14-12-24-8-5-10-28(35)31(24)34)20-29(27)37-33(38-32)45-23-26-9-6-17-40(26)3/h5,7-8,10-11,25-26H,6,9,12-14,16-23H2,1-4H3/b11-7+/t25-,26-,34?/m0/s1. The molecule has 0 bridgehead atoms. The molecule has 2 aromatic rings. The molecule has 6 rings (SSSR count). The highest BCUT2D eigenvalue weighted by Crippen LogP contribution is 2.49. The van der Waals surface area contributed by atoms with Crippen LogP contribution in [0.2, 0.25) is 0 Å². The fourth-order valence-electron chi connectivity index (χ4n) is 7.69. The van der Waals surface area contributed by atoms with Crippen molar-refractivity contribution in [1.29, 1.82) is 5.26 Å². The molecule has 11 heteroatoms. The van der Waals surface area contributed by atoms with E-state index in [1.54, 1.807) is 18.2 Å². The topological polar surface area (TPSA) is 92.1 Å². The Kier molecular flexibility index (Phi) is 9.09. The maximum Gasteiger partial charge on any atom is 0.318 e. The molecule has 10 nitrogen and oxygen atoms in total. The van der Waals surface area contributed by atoms with Gasteiger partial charge in [0.2, 0.25) is 5.91 Å². The van der Waals surface area contributed by atoms with Crippen molar-refractivity contribution in [3.63, 3.8) is 0 Å². The SMILES string of the molecule is CN(C)C/C=C/C(=O)N1CCN(c2nc(OC[C@@H]3CCCN3C)nc3c2CN(C)C2(CCc4cccc(F)c42)C3)C[C@@H]1CC#N. The van der Waals surface area contributed by atoms with E-state index in [4.69, 9.17) is 14.7 Å². The van der Waals surface area contributed by atoms with Gasteiger partial charge in [0.1, 0.15) is 18.2 Å². The molecule has 1 amide bonds. The van der Waals surface area contributed by atoms with E-state index in [2.05, 4.69) is 34.9 Å². The summed E-state index contributed by atoms with van der Waals surface area (Å²) in [7, 11) is 8.11. The third-order valence-corrected chi connectivity index (χ3v) is 10.2. The van der Waals surface area contributed by atoms with Gasteiger partial charge in [-0.2, -0.15) is 15.2 Å².